The highest BCUT2D eigenvalue weighted by atomic mass is 79.9. The number of rotatable bonds is 3. The van der Waals surface area contributed by atoms with Gasteiger partial charge in [-0.1, -0.05) is 17.8 Å². The van der Waals surface area contributed by atoms with Crippen LogP contribution in [0.3, 0.4) is 0 Å². The van der Waals surface area contributed by atoms with Crippen molar-refractivity contribution in [1.29, 1.82) is 0 Å². The minimum absolute atomic E-state index is 0.130. The third kappa shape index (κ3) is 4.33. The zero-order chi connectivity index (χ0) is 9.68. The van der Waals surface area contributed by atoms with Gasteiger partial charge in [-0.2, -0.15) is 0 Å². The summed E-state index contributed by atoms with van der Waals surface area (Å²) in [4.78, 5) is 10.6. The Kier molecular flexibility index (Phi) is 4.32. The second-order valence-corrected chi connectivity index (χ2v) is 4.33. The smallest absolute Gasteiger partial charge is 0.186 e. The first kappa shape index (κ1) is 10.6. The normalized spacial score (nSPS) is 10.9. The van der Waals surface area contributed by atoms with Crippen molar-refractivity contribution in [1.82, 2.24) is 0 Å². The Morgan fingerprint density at radius 1 is 1.69 bits per heavy atom. The maximum atomic E-state index is 10.6. The molecule has 1 aromatic heterocycles. The standard InChI is InChI=1S/C9H9BrO2S/c1-7(11)13-6-2-3-8-4-5-9(10)12-8/h2-5H,6H2,1H3. The molecule has 0 spiro atoms. The summed E-state index contributed by atoms with van der Waals surface area (Å²) < 4.78 is 5.94. The largest absolute Gasteiger partial charge is 0.450 e. The molecular formula is C9H9BrO2S. The number of carbonyl (C=O) groups excluding carboxylic acids is 1. The second-order valence-electron chi connectivity index (χ2n) is 2.35. The van der Waals surface area contributed by atoms with E-state index < -0.39 is 0 Å². The number of carbonyl (C=O) groups is 1. The molecule has 70 valence electrons. The van der Waals surface area contributed by atoms with Crippen molar-refractivity contribution in [2.45, 2.75) is 6.92 Å². The summed E-state index contributed by atoms with van der Waals surface area (Å²) in [6, 6.07) is 3.69. The Hall–Kier alpha value is -0.480. The first-order valence-electron chi connectivity index (χ1n) is 3.74. The molecule has 0 atom stereocenters. The summed E-state index contributed by atoms with van der Waals surface area (Å²) >= 11 is 4.48. The average Bonchev–Trinajstić information content (AvgIpc) is 2.45. The fourth-order valence-electron chi connectivity index (χ4n) is 0.748. The van der Waals surface area contributed by atoms with Gasteiger partial charge in [-0.3, -0.25) is 4.79 Å². The first-order valence-corrected chi connectivity index (χ1v) is 5.51. The van der Waals surface area contributed by atoms with E-state index in [1.165, 1.54) is 11.8 Å². The molecule has 2 nitrogen and oxygen atoms in total. The van der Waals surface area contributed by atoms with Gasteiger partial charge in [0.1, 0.15) is 5.76 Å². The van der Waals surface area contributed by atoms with Crippen LogP contribution in [0.2, 0.25) is 0 Å². The van der Waals surface area contributed by atoms with E-state index in [0.29, 0.717) is 10.4 Å². The fraction of sp³-hybridized carbons (Fsp3) is 0.222. The van der Waals surface area contributed by atoms with Crippen molar-refractivity contribution in [2.24, 2.45) is 0 Å². The lowest BCUT2D eigenvalue weighted by molar-refractivity contribution is -0.109. The lowest BCUT2D eigenvalue weighted by atomic mass is 10.4. The van der Waals surface area contributed by atoms with Gasteiger partial charge in [0.05, 0.1) is 0 Å². The molecule has 0 amide bonds. The Bertz CT molecular complexity index is 317. The third-order valence-electron chi connectivity index (χ3n) is 1.26. The molecule has 0 saturated heterocycles. The summed E-state index contributed by atoms with van der Waals surface area (Å²) in [5.74, 6) is 1.48. The molecule has 4 heteroatoms. The van der Waals surface area contributed by atoms with Gasteiger partial charge >= 0.3 is 0 Å². The molecule has 0 saturated carbocycles. The van der Waals surface area contributed by atoms with Crippen LogP contribution in [0.4, 0.5) is 0 Å². The lowest BCUT2D eigenvalue weighted by Gasteiger charge is -1.87. The minimum Gasteiger partial charge on any atom is -0.450 e. The van der Waals surface area contributed by atoms with E-state index in [1.54, 1.807) is 6.92 Å². The van der Waals surface area contributed by atoms with Crippen LogP contribution in [-0.4, -0.2) is 10.9 Å². The van der Waals surface area contributed by atoms with Gasteiger partial charge in [-0.05, 0) is 34.1 Å². The summed E-state index contributed by atoms with van der Waals surface area (Å²) in [6.45, 7) is 1.56. The van der Waals surface area contributed by atoms with Gasteiger partial charge < -0.3 is 4.42 Å². The zero-order valence-corrected chi connectivity index (χ0v) is 9.52. The average molecular weight is 261 g/mol. The predicted octanol–water partition coefficient (Wildman–Crippen LogP) is 3.34. The maximum Gasteiger partial charge on any atom is 0.186 e. The van der Waals surface area contributed by atoms with Crippen molar-refractivity contribution in [3.8, 4) is 0 Å². The molecule has 0 bridgehead atoms. The van der Waals surface area contributed by atoms with Crippen LogP contribution in [0.25, 0.3) is 6.08 Å². The summed E-state index contributed by atoms with van der Waals surface area (Å²) in [7, 11) is 0. The van der Waals surface area contributed by atoms with E-state index in [-0.39, 0.29) is 5.12 Å². The molecule has 0 unspecified atom stereocenters. The predicted molar refractivity (Wildman–Crippen MR) is 58.6 cm³/mol. The molecule has 0 radical (unpaired) electrons. The summed E-state index contributed by atoms with van der Waals surface area (Å²) in [5.41, 5.74) is 0. The molecule has 0 aliphatic heterocycles. The highest BCUT2D eigenvalue weighted by Crippen LogP contribution is 2.15. The quantitative estimate of drug-likeness (QED) is 0.835. The van der Waals surface area contributed by atoms with Gasteiger partial charge in [0.25, 0.3) is 0 Å². The summed E-state index contributed by atoms with van der Waals surface area (Å²) in [5, 5.41) is 0.130. The molecule has 1 rings (SSSR count). The van der Waals surface area contributed by atoms with E-state index in [1.807, 2.05) is 24.3 Å². The lowest BCUT2D eigenvalue weighted by Crippen LogP contribution is -1.80. The number of hydrogen-bond donors (Lipinski definition) is 0. The van der Waals surface area contributed by atoms with Crippen molar-refractivity contribution < 1.29 is 9.21 Å². The Morgan fingerprint density at radius 2 is 2.46 bits per heavy atom. The molecule has 0 N–H and O–H groups in total. The second kappa shape index (κ2) is 5.29. The van der Waals surface area contributed by atoms with E-state index in [4.69, 9.17) is 4.42 Å². The number of hydrogen-bond acceptors (Lipinski definition) is 3. The molecule has 1 aromatic rings. The SMILES string of the molecule is CC(=O)SCC=Cc1ccc(Br)o1. The number of furan rings is 1. The fourth-order valence-corrected chi connectivity index (χ4v) is 1.49. The van der Waals surface area contributed by atoms with E-state index in [2.05, 4.69) is 15.9 Å². The molecule has 0 fully saturated rings. The molecule has 1 heterocycles. The Labute approximate surface area is 89.5 Å². The zero-order valence-electron chi connectivity index (χ0n) is 7.12. The number of thioether (sulfide) groups is 1. The van der Waals surface area contributed by atoms with Crippen LogP contribution < -0.4 is 0 Å². The number of halogens is 1. The topological polar surface area (TPSA) is 30.2 Å². The van der Waals surface area contributed by atoms with Crippen LogP contribution in [0.5, 0.6) is 0 Å². The monoisotopic (exact) mass is 260 g/mol. The minimum atomic E-state index is 0.130. The van der Waals surface area contributed by atoms with Gasteiger partial charge in [0.2, 0.25) is 0 Å². The maximum absolute atomic E-state index is 10.6. The van der Waals surface area contributed by atoms with Gasteiger partial charge in [-0.15, -0.1) is 0 Å². The van der Waals surface area contributed by atoms with Gasteiger partial charge in [0.15, 0.2) is 9.78 Å². The third-order valence-corrected chi connectivity index (χ3v) is 2.45. The molecule has 0 aromatic carbocycles. The van der Waals surface area contributed by atoms with Gasteiger partial charge in [-0.25, -0.2) is 0 Å². The molecule has 0 aliphatic rings. The highest BCUT2D eigenvalue weighted by Gasteiger charge is 1.94. The van der Waals surface area contributed by atoms with E-state index >= 15 is 0 Å². The molecule has 13 heavy (non-hydrogen) atoms. The summed E-state index contributed by atoms with van der Waals surface area (Å²) in [6.07, 6.45) is 3.75. The van der Waals surface area contributed by atoms with Crippen LogP contribution in [-0.2, 0) is 4.79 Å². The van der Waals surface area contributed by atoms with Gasteiger partial charge in [0, 0.05) is 12.7 Å². The van der Waals surface area contributed by atoms with Crippen molar-refractivity contribution in [3.63, 3.8) is 0 Å². The first-order chi connectivity index (χ1) is 6.18. The van der Waals surface area contributed by atoms with Crippen molar-refractivity contribution >= 4 is 38.9 Å². The van der Waals surface area contributed by atoms with E-state index in [0.717, 1.165) is 5.76 Å². The van der Waals surface area contributed by atoms with Crippen molar-refractivity contribution in [3.05, 3.63) is 28.6 Å². The molecule has 0 aliphatic carbocycles. The van der Waals surface area contributed by atoms with E-state index in [9.17, 15) is 4.79 Å². The van der Waals surface area contributed by atoms with Crippen LogP contribution >= 0.6 is 27.7 Å². The Balaban J connectivity index is 2.36. The highest BCUT2D eigenvalue weighted by molar-refractivity contribution is 9.10. The van der Waals surface area contributed by atoms with Crippen LogP contribution in [0.15, 0.2) is 27.3 Å². The van der Waals surface area contributed by atoms with Crippen LogP contribution in [0.1, 0.15) is 12.7 Å². The van der Waals surface area contributed by atoms with Crippen molar-refractivity contribution in [2.75, 3.05) is 5.75 Å². The Morgan fingerprint density at radius 3 is 3.00 bits per heavy atom. The molecular weight excluding hydrogens is 252 g/mol. The van der Waals surface area contributed by atoms with Crippen LogP contribution in [0, 0.1) is 0 Å².